The Morgan fingerprint density at radius 2 is 1.77 bits per heavy atom. The number of carbonyl (C=O) groups excluding carboxylic acids is 1. The Bertz CT molecular complexity index is 919. The molecule has 1 atom stereocenters. The van der Waals surface area contributed by atoms with Crippen molar-refractivity contribution in [1.82, 2.24) is 15.1 Å². The van der Waals surface area contributed by atoms with E-state index in [9.17, 15) is 4.79 Å². The second-order valence-corrected chi connectivity index (χ2v) is 8.22. The van der Waals surface area contributed by atoms with Gasteiger partial charge in [-0.2, -0.15) is 0 Å². The summed E-state index contributed by atoms with van der Waals surface area (Å²) in [6, 6.07) is 14.8. The number of amides is 1. The molecule has 30 heavy (non-hydrogen) atoms. The highest BCUT2D eigenvalue weighted by Crippen LogP contribution is 2.31. The predicted molar refractivity (Wildman–Crippen MR) is 125 cm³/mol. The molecule has 158 valence electrons. The molecule has 0 spiro atoms. The van der Waals surface area contributed by atoms with Crippen LogP contribution in [0.3, 0.4) is 0 Å². The van der Waals surface area contributed by atoms with E-state index in [0.29, 0.717) is 35.3 Å². The van der Waals surface area contributed by atoms with Crippen LogP contribution in [0, 0.1) is 0 Å². The van der Waals surface area contributed by atoms with Gasteiger partial charge in [-0.1, -0.05) is 41.9 Å². The molecule has 2 aromatic rings. The van der Waals surface area contributed by atoms with E-state index < -0.39 is 0 Å². The number of likely N-dealkylation sites (N-methyl/N-ethyl adjacent to an activating group) is 1. The lowest BCUT2D eigenvalue weighted by molar-refractivity contribution is -0.123. The Morgan fingerprint density at radius 3 is 2.40 bits per heavy atom. The van der Waals surface area contributed by atoms with E-state index in [4.69, 9.17) is 40.2 Å². The van der Waals surface area contributed by atoms with Crippen molar-refractivity contribution in [3.05, 3.63) is 76.4 Å². The van der Waals surface area contributed by atoms with Gasteiger partial charge >= 0.3 is 0 Å². The van der Waals surface area contributed by atoms with E-state index in [1.807, 2.05) is 36.2 Å². The van der Waals surface area contributed by atoms with Crippen molar-refractivity contribution in [2.45, 2.75) is 12.5 Å². The molecule has 0 aliphatic carbocycles. The molecule has 1 N–H and O–H groups in total. The summed E-state index contributed by atoms with van der Waals surface area (Å²) in [5, 5.41) is 4.89. The number of hydrogen-bond donors (Lipinski definition) is 1. The quantitative estimate of drug-likeness (QED) is 0.576. The summed E-state index contributed by atoms with van der Waals surface area (Å²) in [5.41, 5.74) is 2.01. The summed E-state index contributed by atoms with van der Waals surface area (Å²) in [5.74, 6) is 0.399. The average molecular weight is 464 g/mol. The molecule has 1 saturated heterocycles. The zero-order valence-electron chi connectivity index (χ0n) is 16.6. The lowest BCUT2D eigenvalue weighted by Crippen LogP contribution is -2.33. The summed E-state index contributed by atoms with van der Waals surface area (Å²) in [6.07, 6.45) is 0.591. The van der Waals surface area contributed by atoms with Crippen LogP contribution < -0.4 is 10.1 Å². The van der Waals surface area contributed by atoms with E-state index in [1.54, 1.807) is 24.3 Å². The van der Waals surface area contributed by atoms with Crippen LogP contribution in [0.2, 0.25) is 10.0 Å². The molecule has 0 unspecified atom stereocenters. The van der Waals surface area contributed by atoms with Crippen LogP contribution in [0.25, 0.3) is 0 Å². The number of carbonyl (C=O) groups is 1. The van der Waals surface area contributed by atoms with E-state index in [2.05, 4.69) is 16.8 Å². The number of hydrogen-bond acceptors (Lipinski definition) is 3. The molecule has 1 aliphatic heterocycles. The van der Waals surface area contributed by atoms with Gasteiger partial charge in [-0.25, -0.2) is 0 Å². The SMILES string of the molecule is C=C(CCNC(=O)COc1ccc(Cl)cc1)N1C[C@H](c2ccc(Cl)cc2)N(C)C1=S. The lowest BCUT2D eigenvalue weighted by Gasteiger charge is -2.21. The third kappa shape index (κ3) is 5.65. The first-order valence-corrected chi connectivity index (χ1v) is 10.6. The van der Waals surface area contributed by atoms with Gasteiger partial charge in [0.25, 0.3) is 5.91 Å². The van der Waals surface area contributed by atoms with E-state index in [1.165, 1.54) is 0 Å². The van der Waals surface area contributed by atoms with Crippen molar-refractivity contribution < 1.29 is 9.53 Å². The predicted octanol–water partition coefficient (Wildman–Crippen LogP) is 4.67. The standard InChI is InChI=1S/C22H23Cl2N3O2S/c1-15(11-12-25-21(28)14-29-19-9-7-18(24)8-10-19)27-13-20(26(2)22(27)30)16-3-5-17(23)6-4-16/h3-10,20H,1,11-14H2,2H3,(H,25,28)/t20-/m1/s1. The van der Waals surface area contributed by atoms with Crippen LogP contribution in [0.5, 0.6) is 5.75 Å². The first-order chi connectivity index (χ1) is 14.3. The Hall–Kier alpha value is -2.28. The summed E-state index contributed by atoms with van der Waals surface area (Å²) >= 11 is 17.4. The number of nitrogens with zero attached hydrogens (tertiary/aromatic N) is 2. The van der Waals surface area contributed by atoms with E-state index in [-0.39, 0.29) is 18.6 Å². The normalized spacial score (nSPS) is 16.0. The van der Waals surface area contributed by atoms with Crippen LogP contribution >= 0.6 is 35.4 Å². The zero-order valence-corrected chi connectivity index (χ0v) is 18.9. The van der Waals surface area contributed by atoms with Gasteiger partial charge in [-0.15, -0.1) is 0 Å². The van der Waals surface area contributed by atoms with E-state index in [0.717, 1.165) is 16.4 Å². The van der Waals surface area contributed by atoms with Gasteiger partial charge in [0, 0.05) is 42.3 Å². The molecule has 5 nitrogen and oxygen atoms in total. The highest BCUT2D eigenvalue weighted by atomic mass is 35.5. The first kappa shape index (κ1) is 22.4. The molecule has 0 aromatic heterocycles. The topological polar surface area (TPSA) is 44.8 Å². The number of rotatable bonds is 8. The largest absolute Gasteiger partial charge is 0.484 e. The third-order valence-electron chi connectivity index (χ3n) is 4.91. The summed E-state index contributed by atoms with van der Waals surface area (Å²) in [4.78, 5) is 16.1. The molecule has 1 heterocycles. The Labute approximate surface area is 192 Å². The number of halogens is 2. The maximum absolute atomic E-state index is 12.0. The Balaban J connectivity index is 1.45. The van der Waals surface area contributed by atoms with Crippen LogP contribution in [0.1, 0.15) is 18.0 Å². The van der Waals surface area contributed by atoms with Crippen LogP contribution in [-0.2, 0) is 4.79 Å². The molecule has 1 fully saturated rings. The van der Waals surface area contributed by atoms with Gasteiger partial charge in [0.05, 0.1) is 6.04 Å². The molecule has 8 heteroatoms. The van der Waals surface area contributed by atoms with Gasteiger partial charge in [-0.3, -0.25) is 4.79 Å². The first-order valence-electron chi connectivity index (χ1n) is 9.48. The van der Waals surface area contributed by atoms with E-state index >= 15 is 0 Å². The minimum atomic E-state index is -0.196. The molecule has 0 radical (unpaired) electrons. The zero-order chi connectivity index (χ0) is 21.7. The van der Waals surface area contributed by atoms with Gasteiger partial charge in [0.1, 0.15) is 5.75 Å². The Kier molecular flexibility index (Phi) is 7.58. The van der Waals surface area contributed by atoms with Crippen molar-refractivity contribution in [3.8, 4) is 5.75 Å². The second kappa shape index (κ2) is 10.2. The van der Waals surface area contributed by atoms with Crippen molar-refractivity contribution in [1.29, 1.82) is 0 Å². The molecular weight excluding hydrogens is 441 g/mol. The maximum Gasteiger partial charge on any atom is 0.257 e. The van der Waals surface area contributed by atoms with Crippen molar-refractivity contribution in [2.24, 2.45) is 0 Å². The molecular formula is C22H23Cl2N3O2S. The molecule has 2 aromatic carbocycles. The molecule has 1 amide bonds. The monoisotopic (exact) mass is 463 g/mol. The molecule has 0 saturated carbocycles. The van der Waals surface area contributed by atoms with Gasteiger partial charge < -0.3 is 19.9 Å². The second-order valence-electron chi connectivity index (χ2n) is 6.98. The van der Waals surface area contributed by atoms with Crippen LogP contribution in [-0.4, -0.2) is 47.6 Å². The smallest absolute Gasteiger partial charge is 0.257 e. The van der Waals surface area contributed by atoms with Gasteiger partial charge in [-0.05, 0) is 54.2 Å². The minimum Gasteiger partial charge on any atom is -0.484 e. The van der Waals surface area contributed by atoms with Gasteiger partial charge in [0.2, 0.25) is 0 Å². The van der Waals surface area contributed by atoms with Crippen molar-refractivity contribution in [2.75, 3.05) is 26.7 Å². The maximum atomic E-state index is 12.0. The number of nitrogens with one attached hydrogen (secondary N) is 1. The molecule has 0 bridgehead atoms. The molecule has 3 rings (SSSR count). The van der Waals surface area contributed by atoms with Crippen molar-refractivity contribution >= 4 is 46.4 Å². The summed E-state index contributed by atoms with van der Waals surface area (Å²) in [6.45, 7) is 5.27. The number of benzene rings is 2. The summed E-state index contributed by atoms with van der Waals surface area (Å²) in [7, 11) is 1.98. The van der Waals surface area contributed by atoms with Crippen molar-refractivity contribution in [3.63, 3.8) is 0 Å². The fraction of sp³-hybridized carbons (Fsp3) is 0.273. The van der Waals surface area contributed by atoms with Crippen LogP contribution in [0.15, 0.2) is 60.8 Å². The highest BCUT2D eigenvalue weighted by Gasteiger charge is 2.33. The third-order valence-corrected chi connectivity index (χ3v) is 5.92. The van der Waals surface area contributed by atoms with Gasteiger partial charge in [0.15, 0.2) is 11.7 Å². The fourth-order valence-electron chi connectivity index (χ4n) is 3.19. The Morgan fingerprint density at radius 1 is 1.17 bits per heavy atom. The lowest BCUT2D eigenvalue weighted by atomic mass is 10.1. The average Bonchev–Trinajstić information content (AvgIpc) is 3.03. The summed E-state index contributed by atoms with van der Waals surface area (Å²) < 4.78 is 5.44. The molecule has 1 aliphatic rings. The fourth-order valence-corrected chi connectivity index (χ4v) is 3.77. The highest BCUT2D eigenvalue weighted by molar-refractivity contribution is 7.80. The number of thiocarbonyl (C=S) groups is 1. The van der Waals surface area contributed by atoms with Crippen LogP contribution in [0.4, 0.5) is 0 Å². The number of ether oxygens (including phenoxy) is 1. The minimum absolute atomic E-state index is 0.0579.